The van der Waals surface area contributed by atoms with Gasteiger partial charge in [0.2, 0.25) is 0 Å². The fourth-order valence-electron chi connectivity index (χ4n) is 1.64. The third-order valence-corrected chi connectivity index (χ3v) is 3.42. The molecule has 4 nitrogen and oxygen atoms in total. The summed E-state index contributed by atoms with van der Waals surface area (Å²) in [5, 5.41) is 0.720. The molecular formula is C13H17N3OS. The SMILES string of the molecule is NNc1ncc(COCCCc2ccccc2)s1. The van der Waals surface area contributed by atoms with Crippen molar-refractivity contribution >= 4 is 16.5 Å². The number of rotatable bonds is 7. The molecule has 18 heavy (non-hydrogen) atoms. The van der Waals surface area contributed by atoms with Gasteiger partial charge in [0, 0.05) is 12.8 Å². The number of nitrogens with two attached hydrogens (primary N) is 1. The summed E-state index contributed by atoms with van der Waals surface area (Å²) in [6, 6.07) is 10.4. The van der Waals surface area contributed by atoms with E-state index in [2.05, 4.69) is 34.7 Å². The molecule has 0 aliphatic rings. The van der Waals surface area contributed by atoms with Crippen LogP contribution in [0, 0.1) is 0 Å². The topological polar surface area (TPSA) is 60.2 Å². The molecule has 0 amide bonds. The van der Waals surface area contributed by atoms with Gasteiger partial charge in [-0.15, -0.1) is 0 Å². The third kappa shape index (κ3) is 4.10. The number of thiazole rings is 1. The van der Waals surface area contributed by atoms with Crippen LogP contribution in [0.15, 0.2) is 36.5 Å². The zero-order valence-electron chi connectivity index (χ0n) is 10.1. The summed E-state index contributed by atoms with van der Waals surface area (Å²) in [6.07, 6.45) is 3.88. The summed E-state index contributed by atoms with van der Waals surface area (Å²) >= 11 is 1.52. The smallest absolute Gasteiger partial charge is 0.197 e. The van der Waals surface area contributed by atoms with Crippen molar-refractivity contribution in [2.45, 2.75) is 19.4 Å². The molecule has 1 heterocycles. The van der Waals surface area contributed by atoms with Crippen molar-refractivity contribution in [3.63, 3.8) is 0 Å². The zero-order chi connectivity index (χ0) is 12.6. The van der Waals surface area contributed by atoms with E-state index in [0.29, 0.717) is 6.61 Å². The van der Waals surface area contributed by atoms with Crippen molar-refractivity contribution in [1.29, 1.82) is 0 Å². The second kappa shape index (κ2) is 7.10. The standard InChI is InChI=1S/C13H17N3OS/c14-16-13-15-9-12(18-13)10-17-8-4-7-11-5-2-1-3-6-11/h1-3,5-6,9H,4,7-8,10,14H2,(H,15,16). The van der Waals surface area contributed by atoms with Gasteiger partial charge in [-0.2, -0.15) is 0 Å². The van der Waals surface area contributed by atoms with Crippen LogP contribution in [0.1, 0.15) is 16.9 Å². The number of anilines is 1. The molecule has 5 heteroatoms. The van der Waals surface area contributed by atoms with Gasteiger partial charge in [-0.05, 0) is 18.4 Å². The lowest BCUT2D eigenvalue weighted by atomic mass is 10.1. The summed E-state index contributed by atoms with van der Waals surface area (Å²) in [6.45, 7) is 1.37. The Labute approximate surface area is 111 Å². The normalized spacial score (nSPS) is 10.5. The molecule has 2 rings (SSSR count). The lowest BCUT2D eigenvalue weighted by Gasteiger charge is -2.02. The number of hydrazine groups is 1. The fraction of sp³-hybridized carbons (Fsp3) is 0.308. The van der Waals surface area contributed by atoms with Crippen LogP contribution >= 0.6 is 11.3 Å². The Morgan fingerprint density at radius 1 is 1.28 bits per heavy atom. The maximum absolute atomic E-state index is 5.60. The average molecular weight is 263 g/mol. The highest BCUT2D eigenvalue weighted by Crippen LogP contribution is 2.17. The minimum atomic E-state index is 0.605. The Hall–Kier alpha value is -1.43. The summed E-state index contributed by atoms with van der Waals surface area (Å²) in [7, 11) is 0. The van der Waals surface area contributed by atoms with E-state index in [1.165, 1.54) is 16.9 Å². The van der Waals surface area contributed by atoms with Crippen LogP contribution < -0.4 is 11.3 Å². The predicted octanol–water partition coefficient (Wildman–Crippen LogP) is 2.58. The third-order valence-electron chi connectivity index (χ3n) is 2.52. The average Bonchev–Trinajstić information content (AvgIpc) is 2.87. The first-order valence-corrected chi connectivity index (χ1v) is 6.73. The first kappa shape index (κ1) is 13.0. The summed E-state index contributed by atoms with van der Waals surface area (Å²) in [4.78, 5) is 5.17. The van der Waals surface area contributed by atoms with Crippen LogP contribution in [0.2, 0.25) is 0 Å². The zero-order valence-corrected chi connectivity index (χ0v) is 11.0. The lowest BCUT2D eigenvalue weighted by molar-refractivity contribution is 0.120. The number of hydrogen-bond acceptors (Lipinski definition) is 5. The molecule has 0 atom stereocenters. The van der Waals surface area contributed by atoms with Gasteiger partial charge < -0.3 is 4.74 Å². The molecule has 1 aromatic carbocycles. The Morgan fingerprint density at radius 3 is 2.83 bits per heavy atom. The second-order valence-electron chi connectivity index (χ2n) is 3.92. The van der Waals surface area contributed by atoms with Gasteiger partial charge in [0.1, 0.15) is 0 Å². The molecule has 0 spiro atoms. The molecule has 0 fully saturated rings. The minimum Gasteiger partial charge on any atom is -0.376 e. The molecule has 3 N–H and O–H groups in total. The largest absolute Gasteiger partial charge is 0.376 e. The number of hydrogen-bond donors (Lipinski definition) is 2. The highest BCUT2D eigenvalue weighted by atomic mass is 32.1. The van der Waals surface area contributed by atoms with E-state index >= 15 is 0 Å². The van der Waals surface area contributed by atoms with Crippen molar-refractivity contribution in [3.8, 4) is 0 Å². The number of benzene rings is 1. The Morgan fingerprint density at radius 2 is 2.11 bits per heavy atom. The number of ether oxygens (including phenoxy) is 1. The lowest BCUT2D eigenvalue weighted by Crippen LogP contribution is -2.05. The van der Waals surface area contributed by atoms with Gasteiger partial charge in [0.15, 0.2) is 5.13 Å². The highest BCUT2D eigenvalue weighted by Gasteiger charge is 2.00. The maximum Gasteiger partial charge on any atom is 0.197 e. The molecule has 0 bridgehead atoms. The van der Waals surface area contributed by atoms with E-state index in [1.54, 1.807) is 6.20 Å². The number of aromatic nitrogens is 1. The fourth-order valence-corrected chi connectivity index (χ4v) is 2.30. The first-order chi connectivity index (χ1) is 8.88. The van der Waals surface area contributed by atoms with Gasteiger partial charge in [-0.25, -0.2) is 10.8 Å². The van der Waals surface area contributed by atoms with Gasteiger partial charge in [0.05, 0.1) is 11.5 Å². The van der Waals surface area contributed by atoms with Gasteiger partial charge >= 0.3 is 0 Å². The molecular weight excluding hydrogens is 246 g/mol. The van der Waals surface area contributed by atoms with E-state index < -0.39 is 0 Å². The van der Waals surface area contributed by atoms with Gasteiger partial charge in [-0.1, -0.05) is 41.7 Å². The monoisotopic (exact) mass is 263 g/mol. The summed E-state index contributed by atoms with van der Waals surface area (Å²) in [5.74, 6) is 5.26. The van der Waals surface area contributed by atoms with E-state index in [4.69, 9.17) is 10.6 Å². The Balaban J connectivity index is 1.61. The second-order valence-corrected chi connectivity index (χ2v) is 5.03. The molecule has 0 saturated heterocycles. The van der Waals surface area contributed by atoms with Crippen molar-refractivity contribution in [2.75, 3.05) is 12.0 Å². The Bertz CT molecular complexity index is 458. The molecule has 2 aromatic rings. The van der Waals surface area contributed by atoms with Crippen LogP contribution in [-0.2, 0) is 17.8 Å². The van der Waals surface area contributed by atoms with Crippen molar-refractivity contribution in [1.82, 2.24) is 4.98 Å². The molecule has 1 aromatic heterocycles. The summed E-state index contributed by atoms with van der Waals surface area (Å²) < 4.78 is 5.60. The Kier molecular flexibility index (Phi) is 5.14. The quantitative estimate of drug-likeness (QED) is 0.458. The van der Waals surface area contributed by atoms with Gasteiger partial charge in [0.25, 0.3) is 0 Å². The van der Waals surface area contributed by atoms with Gasteiger partial charge in [-0.3, -0.25) is 5.43 Å². The van der Waals surface area contributed by atoms with Crippen LogP contribution in [0.25, 0.3) is 0 Å². The number of nitrogens with zero attached hydrogens (tertiary/aromatic N) is 1. The molecule has 96 valence electrons. The minimum absolute atomic E-state index is 0.605. The van der Waals surface area contributed by atoms with E-state index in [1.807, 2.05) is 6.07 Å². The van der Waals surface area contributed by atoms with Crippen molar-refractivity contribution < 1.29 is 4.74 Å². The molecule has 0 radical (unpaired) electrons. The van der Waals surface area contributed by atoms with Crippen LogP contribution in [0.3, 0.4) is 0 Å². The molecule has 0 aliphatic heterocycles. The van der Waals surface area contributed by atoms with Crippen molar-refractivity contribution in [2.24, 2.45) is 5.84 Å². The van der Waals surface area contributed by atoms with Crippen molar-refractivity contribution in [3.05, 3.63) is 47.0 Å². The van der Waals surface area contributed by atoms with Crippen LogP contribution in [0.5, 0.6) is 0 Å². The number of aryl methyl sites for hydroxylation is 1. The maximum atomic E-state index is 5.60. The number of nitrogen functional groups attached to an aromatic ring is 1. The van der Waals surface area contributed by atoms with E-state index in [0.717, 1.165) is 29.5 Å². The van der Waals surface area contributed by atoms with E-state index in [9.17, 15) is 0 Å². The van der Waals surface area contributed by atoms with Crippen LogP contribution in [-0.4, -0.2) is 11.6 Å². The highest BCUT2D eigenvalue weighted by molar-refractivity contribution is 7.15. The predicted molar refractivity (Wildman–Crippen MR) is 74.3 cm³/mol. The summed E-state index contributed by atoms with van der Waals surface area (Å²) in [5.41, 5.74) is 3.88. The molecule has 0 unspecified atom stereocenters. The molecule has 0 saturated carbocycles. The number of nitrogens with one attached hydrogen (secondary N) is 1. The van der Waals surface area contributed by atoms with Crippen LogP contribution in [0.4, 0.5) is 5.13 Å². The molecule has 0 aliphatic carbocycles. The first-order valence-electron chi connectivity index (χ1n) is 5.91. The van der Waals surface area contributed by atoms with E-state index in [-0.39, 0.29) is 0 Å².